The minimum Gasteiger partial charge on any atom is -0.497 e. The number of nitrogens with zero attached hydrogens (tertiary/aromatic N) is 2. The molecule has 1 aliphatic heterocycles. The molecule has 1 fully saturated rings. The molecule has 1 amide bonds. The Labute approximate surface area is 163 Å². The van der Waals surface area contributed by atoms with Crippen LogP contribution in [0.5, 0.6) is 5.75 Å². The molecule has 1 atom stereocenters. The first-order valence-electron chi connectivity index (χ1n) is 9.27. The largest absolute Gasteiger partial charge is 0.497 e. The molecule has 1 unspecified atom stereocenters. The molecule has 27 heavy (non-hydrogen) atoms. The predicted octanol–water partition coefficient (Wildman–Crippen LogP) is 4.56. The Bertz CT molecular complexity index is 887. The van der Waals surface area contributed by atoms with E-state index in [-0.39, 0.29) is 5.91 Å². The maximum absolute atomic E-state index is 13.0. The third kappa shape index (κ3) is 3.90. The molecule has 0 spiro atoms. The standard InChI is InChI=1S/C21H23N3O2S/c1-26-17-9-7-15(8-10-17)16-5-2-3-11-24(14-16)21(25)19-13-18(22-23-19)20-6-4-12-27-20/h4,6-10,12-13,16H,2-3,5,11,14H2,1H3,(H,22,23). The first-order valence-corrected chi connectivity index (χ1v) is 10.1. The summed E-state index contributed by atoms with van der Waals surface area (Å²) >= 11 is 1.63. The van der Waals surface area contributed by atoms with Gasteiger partial charge >= 0.3 is 0 Å². The minimum absolute atomic E-state index is 0.00877. The molecular weight excluding hydrogens is 358 g/mol. The normalized spacial score (nSPS) is 17.5. The van der Waals surface area contributed by atoms with Crippen LogP contribution in [-0.2, 0) is 0 Å². The van der Waals surface area contributed by atoms with E-state index in [2.05, 4.69) is 22.3 Å². The van der Waals surface area contributed by atoms with E-state index in [0.717, 1.165) is 48.7 Å². The van der Waals surface area contributed by atoms with E-state index in [4.69, 9.17) is 4.74 Å². The van der Waals surface area contributed by atoms with Crippen LogP contribution in [0.2, 0.25) is 0 Å². The van der Waals surface area contributed by atoms with E-state index in [1.165, 1.54) is 5.56 Å². The fourth-order valence-electron chi connectivity index (χ4n) is 3.63. The number of nitrogens with one attached hydrogen (secondary N) is 1. The van der Waals surface area contributed by atoms with Crippen molar-refractivity contribution in [2.45, 2.75) is 25.2 Å². The summed E-state index contributed by atoms with van der Waals surface area (Å²) in [5, 5.41) is 9.29. The Morgan fingerprint density at radius 3 is 2.85 bits per heavy atom. The van der Waals surface area contributed by atoms with Gasteiger partial charge in [0.15, 0.2) is 5.69 Å². The van der Waals surface area contributed by atoms with Crippen molar-refractivity contribution in [2.75, 3.05) is 20.2 Å². The second-order valence-electron chi connectivity index (χ2n) is 6.86. The topological polar surface area (TPSA) is 58.2 Å². The van der Waals surface area contributed by atoms with Gasteiger partial charge in [0.1, 0.15) is 5.75 Å². The summed E-state index contributed by atoms with van der Waals surface area (Å²) in [7, 11) is 1.68. The van der Waals surface area contributed by atoms with Crippen molar-refractivity contribution >= 4 is 17.2 Å². The fraction of sp³-hybridized carbons (Fsp3) is 0.333. The predicted molar refractivity (Wildman–Crippen MR) is 107 cm³/mol. The van der Waals surface area contributed by atoms with Crippen molar-refractivity contribution in [1.82, 2.24) is 15.1 Å². The number of rotatable bonds is 4. The van der Waals surface area contributed by atoms with Crippen LogP contribution >= 0.6 is 11.3 Å². The fourth-order valence-corrected chi connectivity index (χ4v) is 4.32. The lowest BCUT2D eigenvalue weighted by Gasteiger charge is -2.24. The number of carbonyl (C=O) groups is 1. The summed E-state index contributed by atoms with van der Waals surface area (Å²) in [6.07, 6.45) is 3.25. The zero-order valence-electron chi connectivity index (χ0n) is 15.4. The molecule has 4 rings (SSSR count). The molecule has 3 heterocycles. The lowest BCUT2D eigenvalue weighted by atomic mass is 9.94. The number of hydrogen-bond acceptors (Lipinski definition) is 4. The van der Waals surface area contributed by atoms with Crippen LogP contribution in [0.25, 0.3) is 10.6 Å². The number of likely N-dealkylation sites (tertiary alicyclic amines) is 1. The van der Waals surface area contributed by atoms with Gasteiger partial charge in [0, 0.05) is 19.0 Å². The van der Waals surface area contributed by atoms with Gasteiger partial charge < -0.3 is 9.64 Å². The van der Waals surface area contributed by atoms with Gasteiger partial charge in [-0.05, 0) is 48.1 Å². The van der Waals surface area contributed by atoms with Crippen LogP contribution in [-0.4, -0.2) is 41.2 Å². The van der Waals surface area contributed by atoms with E-state index in [1.54, 1.807) is 18.4 Å². The monoisotopic (exact) mass is 381 g/mol. The van der Waals surface area contributed by atoms with Crippen LogP contribution in [0.3, 0.4) is 0 Å². The number of thiophene rings is 1. The maximum Gasteiger partial charge on any atom is 0.274 e. The molecule has 6 heteroatoms. The molecule has 1 aliphatic rings. The van der Waals surface area contributed by atoms with E-state index >= 15 is 0 Å². The van der Waals surface area contributed by atoms with Crippen molar-refractivity contribution in [1.29, 1.82) is 0 Å². The van der Waals surface area contributed by atoms with Crippen LogP contribution < -0.4 is 4.74 Å². The molecule has 0 aliphatic carbocycles. The first-order chi connectivity index (χ1) is 13.2. The average Bonchev–Trinajstić information content (AvgIpc) is 3.35. The van der Waals surface area contributed by atoms with E-state index in [9.17, 15) is 4.79 Å². The van der Waals surface area contributed by atoms with E-state index in [0.29, 0.717) is 11.6 Å². The number of methoxy groups -OCH3 is 1. The average molecular weight is 382 g/mol. The molecule has 140 valence electrons. The number of benzene rings is 1. The van der Waals surface area contributed by atoms with Crippen molar-refractivity contribution in [3.63, 3.8) is 0 Å². The van der Waals surface area contributed by atoms with E-state index in [1.807, 2.05) is 40.6 Å². The van der Waals surface area contributed by atoms with Gasteiger partial charge in [-0.2, -0.15) is 5.10 Å². The number of amides is 1. The number of aromatic amines is 1. The third-order valence-corrected chi connectivity index (χ3v) is 6.03. The Morgan fingerprint density at radius 2 is 2.11 bits per heavy atom. The summed E-state index contributed by atoms with van der Waals surface area (Å²) in [5.74, 6) is 1.21. The smallest absolute Gasteiger partial charge is 0.274 e. The lowest BCUT2D eigenvalue weighted by Crippen LogP contribution is -2.34. The first kappa shape index (κ1) is 17.8. The van der Waals surface area contributed by atoms with Crippen LogP contribution in [0.4, 0.5) is 0 Å². The highest BCUT2D eigenvalue weighted by Gasteiger charge is 2.25. The minimum atomic E-state index is 0.00877. The molecule has 5 nitrogen and oxygen atoms in total. The van der Waals surface area contributed by atoms with Crippen LogP contribution in [0.15, 0.2) is 47.8 Å². The molecule has 1 aromatic carbocycles. The summed E-state index contributed by atoms with van der Waals surface area (Å²) in [6, 6.07) is 14.1. The maximum atomic E-state index is 13.0. The van der Waals surface area contributed by atoms with Crippen molar-refractivity contribution < 1.29 is 9.53 Å². The number of H-pyrrole nitrogens is 1. The Kier molecular flexibility index (Phi) is 5.25. The van der Waals surface area contributed by atoms with Crippen LogP contribution in [0, 0.1) is 0 Å². The summed E-state index contributed by atoms with van der Waals surface area (Å²) in [4.78, 5) is 16.1. The van der Waals surface area contributed by atoms with Crippen molar-refractivity contribution in [3.8, 4) is 16.3 Å². The highest BCUT2D eigenvalue weighted by atomic mass is 32.1. The number of ether oxygens (including phenoxy) is 1. The number of hydrogen-bond donors (Lipinski definition) is 1. The summed E-state index contributed by atoms with van der Waals surface area (Å²) < 4.78 is 5.26. The van der Waals surface area contributed by atoms with Gasteiger partial charge in [0.25, 0.3) is 5.91 Å². The van der Waals surface area contributed by atoms with E-state index < -0.39 is 0 Å². The van der Waals surface area contributed by atoms with Crippen LogP contribution in [0.1, 0.15) is 41.2 Å². The highest BCUT2D eigenvalue weighted by molar-refractivity contribution is 7.13. The van der Waals surface area contributed by atoms with Gasteiger partial charge in [-0.3, -0.25) is 9.89 Å². The zero-order chi connectivity index (χ0) is 18.6. The molecular formula is C21H23N3O2S. The summed E-state index contributed by atoms with van der Waals surface area (Å²) in [6.45, 7) is 1.51. The van der Waals surface area contributed by atoms with Gasteiger partial charge in [-0.25, -0.2) is 0 Å². The molecule has 3 aromatic rings. The molecule has 1 N–H and O–H groups in total. The Hall–Kier alpha value is -2.60. The van der Waals surface area contributed by atoms with Gasteiger partial charge in [-0.1, -0.05) is 24.6 Å². The molecule has 0 radical (unpaired) electrons. The molecule has 0 saturated carbocycles. The van der Waals surface area contributed by atoms with Gasteiger partial charge in [-0.15, -0.1) is 11.3 Å². The molecule has 0 bridgehead atoms. The SMILES string of the molecule is COc1ccc(C2CCCCN(C(=O)c3cc(-c4cccs4)[nH]n3)C2)cc1. The third-order valence-electron chi connectivity index (χ3n) is 5.13. The van der Waals surface area contributed by atoms with Crippen molar-refractivity contribution in [3.05, 3.63) is 59.1 Å². The quantitative estimate of drug-likeness (QED) is 0.721. The second-order valence-corrected chi connectivity index (χ2v) is 7.81. The van der Waals surface area contributed by atoms with Crippen molar-refractivity contribution in [2.24, 2.45) is 0 Å². The molecule has 1 saturated heterocycles. The Balaban J connectivity index is 1.50. The van der Waals surface area contributed by atoms with Gasteiger partial charge in [0.05, 0.1) is 17.7 Å². The lowest BCUT2D eigenvalue weighted by molar-refractivity contribution is 0.0748. The summed E-state index contributed by atoms with van der Waals surface area (Å²) in [5.41, 5.74) is 2.65. The number of aromatic nitrogens is 2. The second kappa shape index (κ2) is 7.96. The van der Waals surface area contributed by atoms with Gasteiger partial charge in [0.2, 0.25) is 0 Å². The number of carbonyl (C=O) groups excluding carboxylic acids is 1. The Morgan fingerprint density at radius 1 is 1.26 bits per heavy atom. The zero-order valence-corrected chi connectivity index (χ0v) is 16.2. The molecule has 2 aromatic heterocycles. The highest BCUT2D eigenvalue weighted by Crippen LogP contribution is 2.29.